The first-order valence-corrected chi connectivity index (χ1v) is 7.12. The predicted octanol–water partition coefficient (Wildman–Crippen LogP) is 5.29. The van der Waals surface area contributed by atoms with E-state index in [0.29, 0.717) is 16.8 Å². The van der Waals surface area contributed by atoms with E-state index in [1.54, 1.807) is 0 Å². The molecule has 0 aliphatic heterocycles. The summed E-state index contributed by atoms with van der Waals surface area (Å²) in [6.45, 7) is 0. The molecule has 4 nitrogen and oxygen atoms in total. The maximum Gasteiger partial charge on any atom is 0.461 e. The second-order valence-electron chi connectivity index (χ2n) is 4.78. The van der Waals surface area contributed by atoms with Crippen molar-refractivity contribution in [1.29, 1.82) is 0 Å². The van der Waals surface area contributed by atoms with Gasteiger partial charge in [0.25, 0.3) is 0 Å². The Morgan fingerprint density at radius 2 is 1.46 bits per heavy atom. The van der Waals surface area contributed by atoms with Gasteiger partial charge in [-0.2, -0.15) is 44.8 Å². The summed E-state index contributed by atoms with van der Waals surface area (Å²) in [5.41, 5.74) is -1.80. The molecular formula is C12H6Cl2F8N4. The molecule has 144 valence electrons. The lowest BCUT2D eigenvalue weighted by atomic mass is 10.2. The third-order valence-electron chi connectivity index (χ3n) is 3.02. The molecule has 0 unspecified atom stereocenters. The first kappa shape index (κ1) is 20.5. The van der Waals surface area contributed by atoms with Crippen LogP contribution in [0.2, 0.25) is 10.0 Å². The third-order valence-corrected chi connectivity index (χ3v) is 3.60. The van der Waals surface area contributed by atoms with E-state index in [1.165, 1.54) is 0 Å². The molecule has 0 bridgehead atoms. The molecule has 0 saturated heterocycles. The van der Waals surface area contributed by atoms with Crippen LogP contribution in [0.15, 0.2) is 12.1 Å². The van der Waals surface area contributed by atoms with Crippen molar-refractivity contribution in [2.75, 3.05) is 12.4 Å². The van der Waals surface area contributed by atoms with Gasteiger partial charge in [-0.15, -0.1) is 5.10 Å². The molecular weight excluding hydrogens is 423 g/mol. The van der Waals surface area contributed by atoms with Crippen LogP contribution in [0.4, 0.5) is 41.1 Å². The van der Waals surface area contributed by atoms with E-state index in [0.717, 1.165) is 7.05 Å². The molecule has 0 fully saturated rings. The fraction of sp³-hybridized carbons (Fsp3) is 0.333. The van der Waals surface area contributed by atoms with Crippen molar-refractivity contribution in [3.63, 3.8) is 0 Å². The van der Waals surface area contributed by atoms with E-state index in [-0.39, 0.29) is 0 Å². The average molecular weight is 429 g/mol. The van der Waals surface area contributed by atoms with Gasteiger partial charge in [0.1, 0.15) is 5.69 Å². The van der Waals surface area contributed by atoms with Gasteiger partial charge >= 0.3 is 18.3 Å². The van der Waals surface area contributed by atoms with Gasteiger partial charge in [0.2, 0.25) is 11.8 Å². The highest BCUT2D eigenvalue weighted by Crippen LogP contribution is 2.44. The summed E-state index contributed by atoms with van der Waals surface area (Å²) in [6, 6.07) is 0.844. The molecule has 1 heterocycles. The van der Waals surface area contributed by atoms with Crippen LogP contribution in [-0.2, 0) is 12.1 Å². The minimum atomic E-state index is -5.99. The van der Waals surface area contributed by atoms with E-state index in [1.807, 2.05) is 0 Å². The van der Waals surface area contributed by atoms with Crippen molar-refractivity contribution in [3.05, 3.63) is 33.6 Å². The largest absolute Gasteiger partial charge is 0.461 e. The average Bonchev–Trinajstić information content (AvgIpc) is 2.88. The number of aromatic nitrogens is 3. The Morgan fingerprint density at radius 3 is 1.85 bits per heavy atom. The van der Waals surface area contributed by atoms with Crippen molar-refractivity contribution in [1.82, 2.24) is 14.8 Å². The Kier molecular flexibility index (Phi) is 5.05. The molecule has 0 spiro atoms. The van der Waals surface area contributed by atoms with Crippen molar-refractivity contribution in [3.8, 4) is 5.69 Å². The van der Waals surface area contributed by atoms with Crippen LogP contribution in [-0.4, -0.2) is 28.0 Å². The highest BCUT2D eigenvalue weighted by Gasteiger charge is 2.62. The fourth-order valence-corrected chi connectivity index (χ4v) is 2.47. The van der Waals surface area contributed by atoms with Gasteiger partial charge in [-0.3, -0.25) is 0 Å². The van der Waals surface area contributed by atoms with Gasteiger partial charge in [0, 0.05) is 7.05 Å². The minimum Gasteiger partial charge on any atom is -0.357 e. The maximum atomic E-state index is 13.4. The monoisotopic (exact) mass is 428 g/mol. The molecule has 26 heavy (non-hydrogen) atoms. The highest BCUT2D eigenvalue weighted by molar-refractivity contribution is 6.37. The summed E-state index contributed by atoms with van der Waals surface area (Å²) in [7, 11) is 1.11. The number of alkyl halides is 8. The number of hydrogen-bond acceptors (Lipinski definition) is 3. The number of hydrogen-bond donors (Lipinski definition) is 1. The van der Waals surface area contributed by atoms with Gasteiger partial charge < -0.3 is 5.32 Å². The van der Waals surface area contributed by atoms with Crippen LogP contribution in [0.3, 0.4) is 0 Å². The molecule has 1 aromatic heterocycles. The molecule has 0 aliphatic rings. The van der Waals surface area contributed by atoms with Gasteiger partial charge in [0.15, 0.2) is 0 Å². The number of benzene rings is 1. The lowest BCUT2D eigenvalue weighted by Crippen LogP contribution is -2.35. The van der Waals surface area contributed by atoms with Crippen LogP contribution in [0.5, 0.6) is 0 Å². The van der Waals surface area contributed by atoms with E-state index in [4.69, 9.17) is 23.2 Å². The molecule has 0 radical (unpaired) electrons. The summed E-state index contributed by atoms with van der Waals surface area (Å²) in [6.07, 6.45) is -10.8. The Balaban J connectivity index is 2.67. The van der Waals surface area contributed by atoms with Crippen LogP contribution in [0.25, 0.3) is 5.69 Å². The van der Waals surface area contributed by atoms with E-state index < -0.39 is 51.3 Å². The molecule has 0 saturated carbocycles. The fourth-order valence-electron chi connectivity index (χ4n) is 1.82. The van der Waals surface area contributed by atoms with Crippen molar-refractivity contribution in [2.45, 2.75) is 18.3 Å². The quantitative estimate of drug-likeness (QED) is 0.675. The summed E-state index contributed by atoms with van der Waals surface area (Å²) < 4.78 is 103. The first-order chi connectivity index (χ1) is 11.7. The zero-order chi connectivity index (χ0) is 20.1. The summed E-state index contributed by atoms with van der Waals surface area (Å²) in [5.74, 6) is -7.98. The van der Waals surface area contributed by atoms with Gasteiger partial charge in [-0.25, -0.2) is 0 Å². The molecule has 2 rings (SSSR count). The van der Waals surface area contributed by atoms with Gasteiger partial charge in [0.05, 0.1) is 15.6 Å². The van der Waals surface area contributed by atoms with Gasteiger partial charge in [-0.1, -0.05) is 23.2 Å². The Hall–Kier alpha value is -1.82. The number of nitrogens with one attached hydrogen (secondary N) is 1. The molecule has 0 aliphatic carbocycles. The van der Waals surface area contributed by atoms with E-state index in [9.17, 15) is 35.1 Å². The Morgan fingerprint density at radius 1 is 0.962 bits per heavy atom. The van der Waals surface area contributed by atoms with Crippen LogP contribution >= 0.6 is 23.2 Å². The topological polar surface area (TPSA) is 42.7 Å². The molecule has 0 atom stereocenters. The van der Waals surface area contributed by atoms with Crippen molar-refractivity contribution < 1.29 is 35.1 Å². The van der Waals surface area contributed by atoms with Crippen LogP contribution in [0, 0.1) is 0 Å². The lowest BCUT2D eigenvalue weighted by molar-refractivity contribution is -0.292. The molecule has 0 amide bonds. The Bertz CT molecular complexity index is 805. The first-order valence-electron chi connectivity index (χ1n) is 6.36. The predicted molar refractivity (Wildman–Crippen MR) is 75.9 cm³/mol. The molecule has 2 aromatic rings. The number of anilines is 1. The smallest absolute Gasteiger partial charge is 0.357 e. The minimum absolute atomic E-state index is 0.361. The second kappa shape index (κ2) is 6.41. The van der Waals surface area contributed by atoms with E-state index >= 15 is 0 Å². The highest BCUT2D eigenvalue weighted by atomic mass is 35.5. The van der Waals surface area contributed by atoms with Crippen LogP contribution in [0.1, 0.15) is 11.4 Å². The zero-order valence-corrected chi connectivity index (χ0v) is 13.8. The summed E-state index contributed by atoms with van der Waals surface area (Å²) in [5, 5.41) is 3.84. The third kappa shape index (κ3) is 3.52. The number of rotatable bonds is 3. The summed E-state index contributed by atoms with van der Waals surface area (Å²) in [4.78, 5) is 3.03. The SMILES string of the molecule is CNc1nc(C(F)(F)C(F)(F)F)nn1-c1c(Cl)cc(C(F)(F)F)cc1Cl. The van der Waals surface area contributed by atoms with Crippen LogP contribution < -0.4 is 5.32 Å². The Labute approximate surface area is 149 Å². The van der Waals surface area contributed by atoms with Crippen molar-refractivity contribution in [2.24, 2.45) is 0 Å². The van der Waals surface area contributed by atoms with Gasteiger partial charge in [-0.05, 0) is 12.1 Å². The molecule has 14 heteroatoms. The van der Waals surface area contributed by atoms with E-state index in [2.05, 4.69) is 15.4 Å². The molecule has 1 aromatic carbocycles. The number of nitrogens with zero attached hydrogens (tertiary/aromatic N) is 3. The second-order valence-corrected chi connectivity index (χ2v) is 5.59. The zero-order valence-electron chi connectivity index (χ0n) is 12.3. The normalized spacial score (nSPS) is 13.2. The lowest BCUT2D eigenvalue weighted by Gasteiger charge is -2.16. The molecule has 1 N–H and O–H groups in total. The standard InChI is InChI=1S/C12H6Cl2F8N4/c1-23-9-24-8(10(15,16)12(20,21)22)25-26(9)7-5(13)2-4(3-6(7)14)11(17,18)19/h2-3H,1H3,(H,23,24,25). The number of halogens is 10. The van der Waals surface area contributed by atoms with Crippen molar-refractivity contribution >= 4 is 29.2 Å². The summed E-state index contributed by atoms with van der Waals surface area (Å²) >= 11 is 11.4. The maximum absolute atomic E-state index is 13.4.